The Morgan fingerprint density at radius 1 is 1.04 bits per heavy atom. The maximum atomic E-state index is 6.44. The van der Waals surface area contributed by atoms with Gasteiger partial charge in [0.1, 0.15) is 0 Å². The normalized spacial score (nSPS) is 35.6. The first-order chi connectivity index (χ1) is 11.4. The van der Waals surface area contributed by atoms with Crippen molar-refractivity contribution in [3.63, 3.8) is 0 Å². The highest BCUT2D eigenvalue weighted by Crippen LogP contribution is 2.50. The molecule has 4 unspecified atom stereocenters. The van der Waals surface area contributed by atoms with E-state index in [1.807, 2.05) is 48.7 Å². The van der Waals surface area contributed by atoms with Crippen LogP contribution in [0.15, 0.2) is 0 Å². The lowest BCUT2D eigenvalue weighted by Crippen LogP contribution is -2.59. The number of ether oxygens (including phenoxy) is 1. The molecule has 0 aromatic heterocycles. The Kier molecular flexibility index (Phi) is 14.4. The molecule has 0 bridgehead atoms. The highest BCUT2D eigenvalue weighted by atomic mass is 16.5. The summed E-state index contributed by atoms with van der Waals surface area (Å²) in [6.45, 7) is 18.6. The fourth-order valence-corrected chi connectivity index (χ4v) is 4.33. The van der Waals surface area contributed by atoms with Crippen molar-refractivity contribution < 1.29 is 4.74 Å². The lowest BCUT2D eigenvalue weighted by molar-refractivity contribution is -0.0597. The maximum absolute atomic E-state index is 6.44. The quantitative estimate of drug-likeness (QED) is 0.576. The number of likely N-dealkylation sites (tertiary alicyclic amines) is 1. The monoisotopic (exact) mass is 339 g/mol. The molecular weight excluding hydrogens is 293 g/mol. The molecule has 2 nitrogen and oxygen atoms in total. The van der Waals surface area contributed by atoms with Crippen LogP contribution in [0, 0.1) is 11.8 Å². The number of methoxy groups -OCH3 is 1. The molecule has 1 aliphatic carbocycles. The molecule has 2 rings (SSSR count). The number of rotatable bonds is 2. The van der Waals surface area contributed by atoms with Crippen LogP contribution in [0.5, 0.6) is 0 Å². The fourth-order valence-electron chi connectivity index (χ4n) is 4.33. The summed E-state index contributed by atoms with van der Waals surface area (Å²) < 4.78 is 5.52. The summed E-state index contributed by atoms with van der Waals surface area (Å²) in [7, 11) is 10.5. The average molecular weight is 339 g/mol. The van der Waals surface area contributed by atoms with Gasteiger partial charge in [-0.1, -0.05) is 73.0 Å². The topological polar surface area (TPSA) is 12.5 Å². The third kappa shape index (κ3) is 7.08. The number of nitrogens with zero attached hydrogens (tertiary/aromatic N) is 1. The summed E-state index contributed by atoms with van der Waals surface area (Å²) in [6, 6.07) is 0. The molecule has 24 heavy (non-hydrogen) atoms. The van der Waals surface area contributed by atoms with Crippen LogP contribution >= 0.6 is 0 Å². The Labute approximate surface area is 155 Å². The number of hydrogen-bond acceptors (Lipinski definition) is 2. The van der Waals surface area contributed by atoms with E-state index in [0.717, 1.165) is 18.4 Å². The van der Waals surface area contributed by atoms with Crippen LogP contribution in [0.25, 0.3) is 0 Å². The van der Waals surface area contributed by atoms with E-state index in [1.54, 1.807) is 0 Å². The van der Waals surface area contributed by atoms with Crippen LogP contribution in [0.4, 0.5) is 0 Å². The largest absolute Gasteiger partial charge is 0.383 e. The average Bonchev–Trinajstić information content (AvgIpc) is 2.75. The molecule has 4 atom stereocenters. The summed E-state index contributed by atoms with van der Waals surface area (Å²) in [6.07, 6.45) is 6.23. The van der Waals surface area contributed by atoms with Crippen molar-refractivity contribution in [2.45, 2.75) is 98.3 Å². The van der Waals surface area contributed by atoms with E-state index in [9.17, 15) is 0 Å². The standard InChI is InChI=1S/C15H28BNO.3C2H6/c1-14(16)8-5-6-13-12(10-14)7-9-17(3)15(13,2)11-18-4;3*1-2/h12-13H,5-11H2,1-4H3;3*1-2H3. The smallest absolute Gasteiger partial charge is 0.0742 e. The second kappa shape index (κ2) is 13.2. The molecule has 0 amide bonds. The third-order valence-corrected chi connectivity index (χ3v) is 5.50. The number of likely N-dealkylation sites (N-methyl/N-ethyl adjacent to an activating group) is 1. The van der Waals surface area contributed by atoms with Gasteiger partial charge in [-0.2, -0.15) is 0 Å². The SMILES string of the molecule is CC.CC.CC.[B]C1(C)CCCC2C(CCN(C)C2(C)COC)C1. The van der Waals surface area contributed by atoms with Crippen molar-refractivity contribution in [2.24, 2.45) is 11.8 Å². The Morgan fingerprint density at radius 2 is 1.58 bits per heavy atom. The van der Waals surface area contributed by atoms with Gasteiger partial charge in [0, 0.05) is 12.6 Å². The lowest BCUT2D eigenvalue weighted by atomic mass is 9.61. The van der Waals surface area contributed by atoms with Crippen LogP contribution < -0.4 is 0 Å². The van der Waals surface area contributed by atoms with Crippen LogP contribution in [0.1, 0.15) is 87.5 Å². The first kappa shape index (κ1) is 26.2. The zero-order valence-corrected chi connectivity index (χ0v) is 18.5. The van der Waals surface area contributed by atoms with Gasteiger partial charge in [-0.3, -0.25) is 4.90 Å². The van der Waals surface area contributed by atoms with Gasteiger partial charge in [-0.05, 0) is 45.2 Å². The highest BCUT2D eigenvalue weighted by molar-refractivity contribution is 6.14. The van der Waals surface area contributed by atoms with E-state index in [2.05, 4.69) is 25.8 Å². The summed E-state index contributed by atoms with van der Waals surface area (Å²) in [5, 5.41) is 0.0450. The second-order valence-corrected chi connectivity index (χ2v) is 7.12. The second-order valence-electron chi connectivity index (χ2n) is 7.12. The molecule has 2 fully saturated rings. The van der Waals surface area contributed by atoms with Gasteiger partial charge in [0.25, 0.3) is 0 Å². The fraction of sp³-hybridized carbons (Fsp3) is 1.00. The van der Waals surface area contributed by atoms with Crippen molar-refractivity contribution in [3.8, 4) is 0 Å². The van der Waals surface area contributed by atoms with E-state index in [4.69, 9.17) is 12.6 Å². The van der Waals surface area contributed by atoms with E-state index < -0.39 is 0 Å². The van der Waals surface area contributed by atoms with E-state index >= 15 is 0 Å². The third-order valence-electron chi connectivity index (χ3n) is 5.50. The number of hydrogen-bond donors (Lipinski definition) is 0. The molecule has 2 aliphatic rings. The van der Waals surface area contributed by atoms with E-state index in [-0.39, 0.29) is 10.9 Å². The molecule has 3 heteroatoms. The molecule has 144 valence electrons. The van der Waals surface area contributed by atoms with Gasteiger partial charge in [-0.25, -0.2) is 0 Å². The van der Waals surface area contributed by atoms with Gasteiger partial charge in [-0.15, -0.1) is 0 Å². The molecule has 1 aliphatic heterocycles. The zero-order chi connectivity index (χ0) is 19.4. The van der Waals surface area contributed by atoms with Crippen LogP contribution in [0.2, 0.25) is 5.31 Å². The van der Waals surface area contributed by atoms with E-state index in [1.165, 1.54) is 38.6 Å². The summed E-state index contributed by atoms with van der Waals surface area (Å²) >= 11 is 0. The first-order valence-corrected chi connectivity index (χ1v) is 10.4. The zero-order valence-electron chi connectivity index (χ0n) is 18.5. The van der Waals surface area contributed by atoms with Crippen molar-refractivity contribution in [2.75, 3.05) is 27.3 Å². The Hall–Kier alpha value is -0.0151. The Balaban J connectivity index is 0. The minimum atomic E-state index is 0.0450. The van der Waals surface area contributed by atoms with Crippen molar-refractivity contribution >= 4 is 7.85 Å². The first-order valence-electron chi connectivity index (χ1n) is 10.4. The van der Waals surface area contributed by atoms with Crippen LogP contribution in [-0.4, -0.2) is 45.6 Å². The van der Waals surface area contributed by atoms with Crippen molar-refractivity contribution in [3.05, 3.63) is 0 Å². The molecule has 1 saturated heterocycles. The predicted octanol–water partition coefficient (Wildman–Crippen LogP) is 5.96. The predicted molar refractivity (Wildman–Crippen MR) is 111 cm³/mol. The van der Waals surface area contributed by atoms with Gasteiger partial charge in [0.2, 0.25) is 0 Å². The van der Waals surface area contributed by atoms with Gasteiger partial charge < -0.3 is 4.74 Å². The minimum Gasteiger partial charge on any atom is -0.383 e. The van der Waals surface area contributed by atoms with Crippen LogP contribution in [0.3, 0.4) is 0 Å². The summed E-state index contributed by atoms with van der Waals surface area (Å²) in [5.74, 6) is 1.51. The van der Waals surface area contributed by atoms with Crippen molar-refractivity contribution in [1.29, 1.82) is 0 Å². The highest BCUT2D eigenvalue weighted by Gasteiger charge is 2.47. The molecule has 1 heterocycles. The maximum Gasteiger partial charge on any atom is 0.0742 e. The van der Waals surface area contributed by atoms with Gasteiger partial charge >= 0.3 is 0 Å². The molecule has 0 spiro atoms. The molecular formula is C21H46BNO. The van der Waals surface area contributed by atoms with Gasteiger partial charge in [0.15, 0.2) is 0 Å². The van der Waals surface area contributed by atoms with E-state index in [0.29, 0.717) is 0 Å². The van der Waals surface area contributed by atoms with Crippen LogP contribution in [-0.2, 0) is 4.74 Å². The summed E-state index contributed by atoms with van der Waals surface area (Å²) in [5.41, 5.74) is 0.193. The molecule has 0 N–H and O–H groups in total. The Bertz CT molecular complexity index is 296. The minimum absolute atomic E-state index is 0.0450. The molecule has 1 saturated carbocycles. The summed E-state index contributed by atoms with van der Waals surface area (Å²) in [4.78, 5) is 2.51. The van der Waals surface area contributed by atoms with Gasteiger partial charge in [0.05, 0.1) is 14.5 Å². The molecule has 2 radical (unpaired) electrons. The number of fused-ring (bicyclic) bond motifs is 1. The van der Waals surface area contributed by atoms with Crippen molar-refractivity contribution in [1.82, 2.24) is 4.90 Å². The molecule has 0 aromatic rings. The number of piperidine rings is 1. The Morgan fingerprint density at radius 3 is 2.08 bits per heavy atom. The molecule has 0 aromatic carbocycles. The lowest BCUT2D eigenvalue weighted by Gasteiger charge is -2.52.